The van der Waals surface area contributed by atoms with Crippen molar-refractivity contribution in [1.29, 1.82) is 0 Å². The molecule has 4 amide bonds. The highest BCUT2D eigenvalue weighted by molar-refractivity contribution is 6.04. The number of aromatic amines is 1. The first-order valence-electron chi connectivity index (χ1n) is 10.1. The molecule has 0 fully saturated rings. The van der Waals surface area contributed by atoms with Gasteiger partial charge in [-0.15, -0.1) is 0 Å². The third-order valence-corrected chi connectivity index (χ3v) is 5.13. The molecule has 32 heavy (non-hydrogen) atoms. The van der Waals surface area contributed by atoms with E-state index in [2.05, 4.69) is 20.8 Å². The second-order valence-corrected chi connectivity index (χ2v) is 7.35. The molecule has 0 atom stereocenters. The minimum Gasteiger partial charge on any atom is -0.314 e. The first-order valence-corrected chi connectivity index (χ1v) is 10.1. The fraction of sp³-hybridized carbons (Fsp3) is 0.174. The van der Waals surface area contributed by atoms with Crippen LogP contribution in [0.25, 0.3) is 0 Å². The van der Waals surface area contributed by atoms with Gasteiger partial charge in [0.15, 0.2) is 11.6 Å². The van der Waals surface area contributed by atoms with Gasteiger partial charge in [-0.3, -0.25) is 24.8 Å². The van der Waals surface area contributed by atoms with E-state index in [4.69, 9.17) is 0 Å². The zero-order chi connectivity index (χ0) is 22.5. The molecule has 0 spiro atoms. The van der Waals surface area contributed by atoms with E-state index in [0.29, 0.717) is 28.2 Å². The molecule has 0 saturated heterocycles. The fourth-order valence-corrected chi connectivity index (χ4v) is 3.41. The largest absolute Gasteiger partial charge is 0.324 e. The van der Waals surface area contributed by atoms with Crippen LogP contribution in [0.3, 0.4) is 0 Å². The van der Waals surface area contributed by atoms with Gasteiger partial charge in [0.2, 0.25) is 5.91 Å². The van der Waals surface area contributed by atoms with Crippen LogP contribution in [0.4, 0.5) is 10.6 Å². The number of benzene rings is 2. The van der Waals surface area contributed by atoms with Gasteiger partial charge < -0.3 is 10.2 Å². The summed E-state index contributed by atoms with van der Waals surface area (Å²) in [5, 5.41) is 12.0. The van der Waals surface area contributed by atoms with Crippen LogP contribution < -0.4 is 10.6 Å². The number of fused-ring (bicyclic) bond motifs is 1. The summed E-state index contributed by atoms with van der Waals surface area (Å²) in [6.45, 7) is 0.427. The second-order valence-electron chi connectivity index (χ2n) is 7.35. The molecule has 162 valence electrons. The minimum atomic E-state index is -0.533. The Bertz CT molecular complexity index is 1160. The van der Waals surface area contributed by atoms with Gasteiger partial charge in [-0.05, 0) is 12.1 Å². The number of anilines is 1. The number of hydrogen-bond donors (Lipinski definition) is 3. The molecule has 4 rings (SSSR count). The Balaban J connectivity index is 1.30. The number of urea groups is 1. The molecule has 1 aliphatic rings. The van der Waals surface area contributed by atoms with E-state index >= 15 is 0 Å². The Labute approximate surface area is 183 Å². The molecular formula is C23H21N5O4. The number of Topliss-reactive ketones (excluding diaryl/α,β-unsaturated/α-hetero) is 1. The molecule has 9 heteroatoms. The number of hydrogen-bond acceptors (Lipinski definition) is 5. The van der Waals surface area contributed by atoms with Gasteiger partial charge in [0.05, 0.1) is 18.8 Å². The molecule has 0 radical (unpaired) electrons. The van der Waals surface area contributed by atoms with Crippen LogP contribution >= 0.6 is 0 Å². The van der Waals surface area contributed by atoms with Crippen molar-refractivity contribution in [2.75, 3.05) is 5.32 Å². The van der Waals surface area contributed by atoms with Crippen molar-refractivity contribution < 1.29 is 19.2 Å². The van der Waals surface area contributed by atoms with Gasteiger partial charge in [0.1, 0.15) is 0 Å². The van der Waals surface area contributed by atoms with Crippen molar-refractivity contribution in [3.8, 4) is 0 Å². The maximum Gasteiger partial charge on any atom is 0.324 e. The number of nitrogens with one attached hydrogen (secondary N) is 3. The summed E-state index contributed by atoms with van der Waals surface area (Å²) >= 11 is 0. The van der Waals surface area contributed by atoms with Gasteiger partial charge in [0.25, 0.3) is 5.91 Å². The summed E-state index contributed by atoms with van der Waals surface area (Å²) in [6, 6.07) is 16.7. The van der Waals surface area contributed by atoms with Gasteiger partial charge in [-0.25, -0.2) is 4.79 Å². The van der Waals surface area contributed by atoms with Crippen molar-refractivity contribution >= 4 is 29.4 Å². The monoisotopic (exact) mass is 431 g/mol. The van der Waals surface area contributed by atoms with E-state index in [0.717, 1.165) is 0 Å². The quantitative estimate of drug-likeness (QED) is 0.518. The highest BCUT2D eigenvalue weighted by atomic mass is 16.2. The number of aromatic nitrogens is 2. The number of ketones is 1. The van der Waals surface area contributed by atoms with Crippen LogP contribution in [0.15, 0.2) is 60.7 Å². The fourth-order valence-electron chi connectivity index (χ4n) is 3.41. The van der Waals surface area contributed by atoms with Crippen molar-refractivity contribution in [1.82, 2.24) is 20.4 Å². The zero-order valence-electron chi connectivity index (χ0n) is 17.1. The lowest BCUT2D eigenvalue weighted by Crippen LogP contribution is -2.40. The topological polar surface area (TPSA) is 124 Å². The molecule has 1 aromatic heterocycles. The van der Waals surface area contributed by atoms with Crippen LogP contribution in [0.2, 0.25) is 0 Å². The standard InChI is InChI=1S/C23H21N5O4/c29-19(15-7-3-1-4-8-15)11-12-20(30)24-21-17-13-28(14-18(17)26-27-21)23(32)25-22(31)16-9-5-2-6-10-16/h1-10H,11-14H2,(H,25,31,32)(H2,24,26,27,30). The van der Waals surface area contributed by atoms with Crippen molar-refractivity contribution in [2.45, 2.75) is 25.9 Å². The number of rotatable bonds is 6. The van der Waals surface area contributed by atoms with E-state index in [1.807, 2.05) is 6.07 Å². The van der Waals surface area contributed by atoms with Crippen LogP contribution in [0, 0.1) is 0 Å². The average Bonchev–Trinajstić information content (AvgIpc) is 3.40. The summed E-state index contributed by atoms with van der Waals surface area (Å²) in [4.78, 5) is 50.6. The Morgan fingerprint density at radius 2 is 1.53 bits per heavy atom. The molecule has 9 nitrogen and oxygen atoms in total. The molecule has 3 N–H and O–H groups in total. The van der Waals surface area contributed by atoms with Gasteiger partial charge in [0, 0.05) is 29.5 Å². The van der Waals surface area contributed by atoms with Crippen molar-refractivity contribution in [3.05, 3.63) is 83.0 Å². The van der Waals surface area contributed by atoms with Crippen LogP contribution in [0.1, 0.15) is 44.8 Å². The minimum absolute atomic E-state index is 0.0190. The van der Waals surface area contributed by atoms with Gasteiger partial charge >= 0.3 is 6.03 Å². The number of carbonyl (C=O) groups excluding carboxylic acids is 4. The number of H-pyrrole nitrogens is 1. The second kappa shape index (κ2) is 9.25. The summed E-state index contributed by atoms with van der Waals surface area (Å²) in [5.74, 6) is -0.618. The maximum absolute atomic E-state index is 12.5. The smallest absolute Gasteiger partial charge is 0.314 e. The van der Waals surface area contributed by atoms with Crippen LogP contribution in [0.5, 0.6) is 0 Å². The lowest BCUT2D eigenvalue weighted by atomic mass is 10.1. The van der Waals surface area contributed by atoms with E-state index in [1.54, 1.807) is 54.6 Å². The van der Waals surface area contributed by atoms with Gasteiger partial charge in [-0.1, -0.05) is 48.5 Å². The lowest BCUT2D eigenvalue weighted by molar-refractivity contribution is -0.116. The summed E-state index contributed by atoms with van der Waals surface area (Å²) in [7, 11) is 0. The molecule has 0 saturated carbocycles. The normalized spacial score (nSPS) is 12.2. The first-order chi connectivity index (χ1) is 15.5. The molecule has 0 unspecified atom stereocenters. The van der Waals surface area contributed by atoms with Gasteiger partial charge in [-0.2, -0.15) is 5.10 Å². The summed E-state index contributed by atoms with van der Waals surface area (Å²) in [5.41, 5.74) is 2.31. The van der Waals surface area contributed by atoms with Crippen molar-refractivity contribution in [3.63, 3.8) is 0 Å². The number of nitrogens with zero attached hydrogens (tertiary/aromatic N) is 2. The lowest BCUT2D eigenvalue weighted by Gasteiger charge is -2.16. The van der Waals surface area contributed by atoms with E-state index in [9.17, 15) is 19.2 Å². The molecule has 0 bridgehead atoms. The molecule has 2 aromatic carbocycles. The highest BCUT2D eigenvalue weighted by Crippen LogP contribution is 2.27. The summed E-state index contributed by atoms with van der Waals surface area (Å²) < 4.78 is 0. The third-order valence-electron chi connectivity index (χ3n) is 5.13. The Hall–Kier alpha value is -4.27. The molecule has 0 aliphatic carbocycles. The predicted octanol–water partition coefficient (Wildman–Crippen LogP) is 2.88. The average molecular weight is 431 g/mol. The molecule has 1 aliphatic heterocycles. The predicted molar refractivity (Wildman–Crippen MR) is 116 cm³/mol. The number of amides is 4. The first kappa shape index (κ1) is 21.0. The Morgan fingerprint density at radius 3 is 2.22 bits per heavy atom. The molecule has 3 aromatic rings. The zero-order valence-corrected chi connectivity index (χ0v) is 17.1. The highest BCUT2D eigenvalue weighted by Gasteiger charge is 2.29. The van der Waals surface area contributed by atoms with E-state index in [1.165, 1.54) is 4.90 Å². The van der Waals surface area contributed by atoms with Crippen molar-refractivity contribution in [2.24, 2.45) is 0 Å². The summed E-state index contributed by atoms with van der Waals surface area (Å²) in [6.07, 6.45) is 0.101. The van der Waals surface area contributed by atoms with E-state index in [-0.39, 0.29) is 37.6 Å². The van der Waals surface area contributed by atoms with E-state index < -0.39 is 11.9 Å². The van der Waals surface area contributed by atoms with Crippen LogP contribution in [-0.2, 0) is 17.9 Å². The maximum atomic E-state index is 12.5. The Morgan fingerprint density at radius 1 is 0.875 bits per heavy atom. The number of carbonyl (C=O) groups is 4. The SMILES string of the molecule is O=C(CCC(=O)c1ccccc1)Nc1n[nH]c2c1CN(C(=O)NC(=O)c1ccccc1)C2. The molecular weight excluding hydrogens is 410 g/mol. The number of imide groups is 1. The Kier molecular flexibility index (Phi) is 6.07. The molecule has 2 heterocycles. The third kappa shape index (κ3) is 4.72. The van der Waals surface area contributed by atoms with Crippen LogP contribution in [-0.4, -0.2) is 38.7 Å².